The highest BCUT2D eigenvalue weighted by Gasteiger charge is 2.18. The molecular formula is C12H16O5. The van der Waals surface area contributed by atoms with Gasteiger partial charge in [-0.25, -0.2) is 4.79 Å². The number of methoxy groups -OCH3 is 2. The van der Waals surface area contributed by atoms with Crippen LogP contribution in [0.25, 0.3) is 0 Å². The van der Waals surface area contributed by atoms with Gasteiger partial charge in [-0.1, -0.05) is 6.07 Å². The monoisotopic (exact) mass is 240 g/mol. The molecule has 0 saturated carbocycles. The van der Waals surface area contributed by atoms with E-state index in [4.69, 9.17) is 14.4 Å². The van der Waals surface area contributed by atoms with E-state index in [-0.39, 0.29) is 11.7 Å². The highest BCUT2D eigenvalue weighted by atomic mass is 17.2. The molecule has 0 aromatic heterocycles. The molecule has 5 heteroatoms. The van der Waals surface area contributed by atoms with Crippen molar-refractivity contribution < 1.29 is 24.0 Å². The van der Waals surface area contributed by atoms with Crippen LogP contribution in [0.5, 0.6) is 11.5 Å². The molecule has 0 amide bonds. The maximum atomic E-state index is 11.7. The van der Waals surface area contributed by atoms with Gasteiger partial charge in [0.1, 0.15) is 5.56 Å². The summed E-state index contributed by atoms with van der Waals surface area (Å²) in [6, 6.07) is 4.94. The first-order chi connectivity index (χ1) is 8.10. The van der Waals surface area contributed by atoms with Gasteiger partial charge in [0.25, 0.3) is 0 Å². The zero-order valence-electron chi connectivity index (χ0n) is 10.4. The molecule has 0 fully saturated rings. The molecule has 0 aliphatic rings. The van der Waals surface area contributed by atoms with Crippen molar-refractivity contribution in [2.45, 2.75) is 20.0 Å². The van der Waals surface area contributed by atoms with Gasteiger partial charge in [0.05, 0.1) is 20.3 Å². The minimum Gasteiger partial charge on any atom is -0.493 e. The lowest BCUT2D eigenvalue weighted by Gasteiger charge is -2.11. The first-order valence-corrected chi connectivity index (χ1v) is 5.18. The molecule has 0 radical (unpaired) electrons. The van der Waals surface area contributed by atoms with Gasteiger partial charge in [0.15, 0.2) is 11.5 Å². The normalized spacial score (nSPS) is 10.2. The predicted octanol–water partition coefficient (Wildman–Crippen LogP) is 2.20. The van der Waals surface area contributed by atoms with Crippen LogP contribution in [0.1, 0.15) is 24.2 Å². The molecule has 0 N–H and O–H groups in total. The Morgan fingerprint density at radius 3 is 2.41 bits per heavy atom. The Labute approximate surface area is 100 Å². The van der Waals surface area contributed by atoms with E-state index in [1.165, 1.54) is 14.2 Å². The van der Waals surface area contributed by atoms with E-state index in [0.29, 0.717) is 11.5 Å². The van der Waals surface area contributed by atoms with E-state index < -0.39 is 5.97 Å². The summed E-state index contributed by atoms with van der Waals surface area (Å²) in [6.45, 7) is 3.52. The van der Waals surface area contributed by atoms with Gasteiger partial charge in [-0.05, 0) is 26.0 Å². The Morgan fingerprint density at radius 1 is 1.18 bits per heavy atom. The topological polar surface area (TPSA) is 54.0 Å². The second-order valence-electron chi connectivity index (χ2n) is 3.56. The molecule has 94 valence electrons. The number of carbonyl (C=O) groups excluding carboxylic acids is 1. The number of para-hydroxylation sites is 1. The zero-order chi connectivity index (χ0) is 12.8. The predicted molar refractivity (Wildman–Crippen MR) is 61.2 cm³/mol. The fraction of sp³-hybridized carbons (Fsp3) is 0.417. The van der Waals surface area contributed by atoms with Gasteiger partial charge >= 0.3 is 5.97 Å². The average Bonchev–Trinajstić information content (AvgIpc) is 2.34. The second kappa shape index (κ2) is 6.10. The van der Waals surface area contributed by atoms with Crippen LogP contribution in [0.4, 0.5) is 0 Å². The summed E-state index contributed by atoms with van der Waals surface area (Å²) in [5.74, 6) is 0.174. The maximum absolute atomic E-state index is 11.7. The lowest BCUT2D eigenvalue weighted by Crippen LogP contribution is -2.12. The first-order valence-electron chi connectivity index (χ1n) is 5.18. The Balaban J connectivity index is 2.92. The van der Waals surface area contributed by atoms with Crippen molar-refractivity contribution in [2.75, 3.05) is 14.2 Å². The van der Waals surface area contributed by atoms with E-state index in [2.05, 4.69) is 4.89 Å². The van der Waals surface area contributed by atoms with Crippen molar-refractivity contribution in [1.82, 2.24) is 0 Å². The average molecular weight is 240 g/mol. The van der Waals surface area contributed by atoms with Gasteiger partial charge in [0.2, 0.25) is 0 Å². The molecular weight excluding hydrogens is 224 g/mol. The maximum Gasteiger partial charge on any atom is 0.376 e. The largest absolute Gasteiger partial charge is 0.493 e. The number of rotatable bonds is 5. The molecule has 17 heavy (non-hydrogen) atoms. The van der Waals surface area contributed by atoms with Crippen LogP contribution in [0, 0.1) is 0 Å². The molecule has 1 aromatic carbocycles. The number of benzene rings is 1. The van der Waals surface area contributed by atoms with Gasteiger partial charge in [-0.3, -0.25) is 4.89 Å². The van der Waals surface area contributed by atoms with E-state index in [1.54, 1.807) is 32.0 Å². The molecule has 0 spiro atoms. The number of carbonyl (C=O) groups is 1. The molecule has 5 nitrogen and oxygen atoms in total. The first kappa shape index (κ1) is 13.3. The van der Waals surface area contributed by atoms with Crippen LogP contribution in [-0.2, 0) is 9.78 Å². The van der Waals surface area contributed by atoms with Gasteiger partial charge < -0.3 is 9.47 Å². The molecule has 0 aliphatic carbocycles. The van der Waals surface area contributed by atoms with E-state index in [9.17, 15) is 4.79 Å². The van der Waals surface area contributed by atoms with Crippen molar-refractivity contribution in [1.29, 1.82) is 0 Å². The smallest absolute Gasteiger partial charge is 0.376 e. The van der Waals surface area contributed by atoms with Crippen LogP contribution in [0.3, 0.4) is 0 Å². The Morgan fingerprint density at radius 2 is 1.88 bits per heavy atom. The van der Waals surface area contributed by atoms with Crippen molar-refractivity contribution in [3.63, 3.8) is 0 Å². The van der Waals surface area contributed by atoms with Crippen molar-refractivity contribution >= 4 is 5.97 Å². The minimum absolute atomic E-state index is 0.199. The summed E-state index contributed by atoms with van der Waals surface area (Å²) < 4.78 is 10.2. The van der Waals surface area contributed by atoms with Crippen LogP contribution < -0.4 is 9.47 Å². The quantitative estimate of drug-likeness (QED) is 0.583. The molecule has 0 atom stereocenters. The van der Waals surface area contributed by atoms with E-state index in [1.807, 2.05) is 0 Å². The van der Waals surface area contributed by atoms with Gasteiger partial charge in [-0.2, -0.15) is 4.89 Å². The number of ether oxygens (including phenoxy) is 2. The Hall–Kier alpha value is -1.75. The molecule has 0 bridgehead atoms. The fourth-order valence-electron chi connectivity index (χ4n) is 1.23. The van der Waals surface area contributed by atoms with E-state index in [0.717, 1.165) is 0 Å². The van der Waals surface area contributed by atoms with Crippen molar-refractivity contribution in [3.05, 3.63) is 23.8 Å². The van der Waals surface area contributed by atoms with Gasteiger partial charge in [-0.15, -0.1) is 0 Å². The second-order valence-corrected chi connectivity index (χ2v) is 3.56. The third-order valence-electron chi connectivity index (χ3n) is 1.94. The van der Waals surface area contributed by atoms with E-state index >= 15 is 0 Å². The number of hydrogen-bond acceptors (Lipinski definition) is 5. The lowest BCUT2D eigenvalue weighted by atomic mass is 10.2. The highest BCUT2D eigenvalue weighted by Crippen LogP contribution is 2.31. The molecule has 0 saturated heterocycles. The summed E-state index contributed by atoms with van der Waals surface area (Å²) in [4.78, 5) is 21.2. The Kier molecular flexibility index (Phi) is 4.78. The summed E-state index contributed by atoms with van der Waals surface area (Å²) >= 11 is 0. The fourth-order valence-corrected chi connectivity index (χ4v) is 1.23. The summed E-state index contributed by atoms with van der Waals surface area (Å²) in [5, 5.41) is 0. The third kappa shape index (κ3) is 3.35. The minimum atomic E-state index is -0.616. The van der Waals surface area contributed by atoms with Crippen LogP contribution >= 0.6 is 0 Å². The molecule has 0 unspecified atom stereocenters. The third-order valence-corrected chi connectivity index (χ3v) is 1.94. The van der Waals surface area contributed by atoms with Crippen LogP contribution in [-0.4, -0.2) is 26.3 Å². The highest BCUT2D eigenvalue weighted by molar-refractivity contribution is 5.93. The summed E-state index contributed by atoms with van der Waals surface area (Å²) in [5.41, 5.74) is 0.257. The van der Waals surface area contributed by atoms with Crippen molar-refractivity contribution in [2.24, 2.45) is 0 Å². The molecule has 0 aliphatic heterocycles. The lowest BCUT2D eigenvalue weighted by molar-refractivity contribution is -0.265. The van der Waals surface area contributed by atoms with Crippen LogP contribution in [0.15, 0.2) is 18.2 Å². The standard InChI is InChI=1S/C12H16O5/c1-8(2)16-17-12(13)9-6-5-7-10(14-3)11(9)15-4/h5-8H,1-4H3. The summed E-state index contributed by atoms with van der Waals surface area (Å²) in [7, 11) is 2.95. The Bertz CT molecular complexity index is 386. The SMILES string of the molecule is COc1cccc(C(=O)OOC(C)C)c1OC. The molecule has 0 heterocycles. The number of hydrogen-bond donors (Lipinski definition) is 0. The van der Waals surface area contributed by atoms with Crippen molar-refractivity contribution in [3.8, 4) is 11.5 Å². The summed E-state index contributed by atoms with van der Waals surface area (Å²) in [6.07, 6.45) is -0.199. The van der Waals surface area contributed by atoms with Gasteiger partial charge in [0, 0.05) is 0 Å². The molecule has 1 rings (SSSR count). The zero-order valence-corrected chi connectivity index (χ0v) is 10.4. The molecule has 1 aromatic rings. The van der Waals surface area contributed by atoms with Crippen LogP contribution in [0.2, 0.25) is 0 Å².